The zero-order valence-corrected chi connectivity index (χ0v) is 14.8. The average Bonchev–Trinajstić information content (AvgIpc) is 3.30. The van der Waals surface area contributed by atoms with E-state index in [-0.39, 0.29) is 5.41 Å². The highest BCUT2D eigenvalue weighted by Crippen LogP contribution is 2.47. The number of hydrogen-bond donors (Lipinski definition) is 2. The summed E-state index contributed by atoms with van der Waals surface area (Å²) in [5, 5.41) is 7.95. The molecule has 23 heavy (non-hydrogen) atoms. The molecule has 0 saturated heterocycles. The monoisotopic (exact) mass is 328 g/mol. The maximum absolute atomic E-state index is 4.56. The zero-order valence-electron chi connectivity index (χ0n) is 14.0. The van der Waals surface area contributed by atoms with Crippen LogP contribution in [0.2, 0.25) is 0 Å². The molecule has 1 heterocycles. The normalized spacial score (nSPS) is 16.2. The van der Waals surface area contributed by atoms with Gasteiger partial charge in [0.15, 0.2) is 5.96 Å². The molecule has 0 radical (unpaired) electrons. The van der Waals surface area contributed by atoms with Gasteiger partial charge in [-0.2, -0.15) is 0 Å². The number of guanidine groups is 1. The van der Waals surface area contributed by atoms with Crippen molar-refractivity contribution < 1.29 is 0 Å². The molecule has 1 aromatic heterocycles. The van der Waals surface area contributed by atoms with E-state index in [1.54, 1.807) is 11.3 Å². The van der Waals surface area contributed by atoms with Crippen LogP contribution in [-0.4, -0.2) is 24.5 Å². The number of nitrogens with one attached hydrogen (secondary N) is 2. The van der Waals surface area contributed by atoms with Crippen LogP contribution in [0.4, 0.5) is 0 Å². The van der Waals surface area contributed by atoms with Crippen LogP contribution < -0.4 is 10.6 Å². The minimum absolute atomic E-state index is 0.285. The lowest BCUT2D eigenvalue weighted by molar-refractivity contribution is 0.645. The molecule has 2 N–H and O–H groups in total. The van der Waals surface area contributed by atoms with E-state index >= 15 is 0 Å². The van der Waals surface area contributed by atoms with Gasteiger partial charge in [0.25, 0.3) is 0 Å². The number of thiazole rings is 1. The molecule has 1 saturated carbocycles. The van der Waals surface area contributed by atoms with Gasteiger partial charge < -0.3 is 10.6 Å². The maximum atomic E-state index is 4.56. The molecule has 1 aliphatic rings. The second kappa shape index (κ2) is 6.71. The van der Waals surface area contributed by atoms with Gasteiger partial charge in [-0.3, -0.25) is 4.99 Å². The van der Waals surface area contributed by atoms with Crippen LogP contribution >= 0.6 is 11.3 Å². The third kappa shape index (κ3) is 3.72. The Balaban J connectivity index is 1.54. The molecule has 1 aromatic carbocycles. The third-order valence-electron chi connectivity index (χ3n) is 4.54. The SMILES string of the molecule is CN=C(NCc1nc(C)c(C)s1)NCC1(c2ccccc2)CC1. The van der Waals surface area contributed by atoms with Crippen molar-refractivity contribution in [1.29, 1.82) is 0 Å². The minimum Gasteiger partial charge on any atom is -0.356 e. The fourth-order valence-corrected chi connectivity index (χ4v) is 3.63. The van der Waals surface area contributed by atoms with Crippen molar-refractivity contribution in [3.05, 3.63) is 51.5 Å². The van der Waals surface area contributed by atoms with Crippen LogP contribution in [0, 0.1) is 13.8 Å². The summed E-state index contributed by atoms with van der Waals surface area (Å²) in [5.74, 6) is 0.845. The quantitative estimate of drug-likeness (QED) is 0.655. The van der Waals surface area contributed by atoms with Crippen LogP contribution in [0.1, 0.15) is 34.0 Å². The Morgan fingerprint density at radius 2 is 1.96 bits per heavy atom. The number of aromatic nitrogens is 1. The molecule has 0 amide bonds. The molecule has 0 bridgehead atoms. The van der Waals surface area contributed by atoms with Crippen molar-refractivity contribution >= 4 is 17.3 Å². The molecule has 1 aliphatic carbocycles. The topological polar surface area (TPSA) is 49.3 Å². The maximum Gasteiger partial charge on any atom is 0.191 e. The minimum atomic E-state index is 0.285. The lowest BCUT2D eigenvalue weighted by Gasteiger charge is -2.18. The summed E-state index contributed by atoms with van der Waals surface area (Å²) in [5.41, 5.74) is 2.83. The number of hydrogen-bond acceptors (Lipinski definition) is 3. The standard InChI is InChI=1S/C18H24N4S/c1-13-14(2)23-16(22-13)11-20-17(19-3)21-12-18(9-10-18)15-7-5-4-6-8-15/h4-8H,9-12H2,1-3H3,(H2,19,20,21). The summed E-state index contributed by atoms with van der Waals surface area (Å²) in [6.07, 6.45) is 2.48. The summed E-state index contributed by atoms with van der Waals surface area (Å²) < 4.78 is 0. The molecule has 0 atom stereocenters. The fourth-order valence-electron chi connectivity index (χ4n) is 2.76. The van der Waals surface area contributed by atoms with Crippen LogP contribution in [0.3, 0.4) is 0 Å². The molecule has 4 nitrogen and oxygen atoms in total. The van der Waals surface area contributed by atoms with E-state index in [9.17, 15) is 0 Å². The van der Waals surface area contributed by atoms with Gasteiger partial charge >= 0.3 is 0 Å². The third-order valence-corrected chi connectivity index (χ3v) is 5.61. The summed E-state index contributed by atoms with van der Waals surface area (Å²) in [7, 11) is 1.82. The Kier molecular flexibility index (Phi) is 4.66. The van der Waals surface area contributed by atoms with Crippen LogP contribution in [-0.2, 0) is 12.0 Å². The van der Waals surface area contributed by atoms with Gasteiger partial charge in [-0.1, -0.05) is 30.3 Å². The van der Waals surface area contributed by atoms with Crippen molar-refractivity contribution in [1.82, 2.24) is 15.6 Å². The molecule has 0 unspecified atom stereocenters. The highest BCUT2D eigenvalue weighted by Gasteiger charge is 2.43. The predicted octanol–water partition coefficient (Wildman–Crippen LogP) is 3.16. The number of aryl methyl sites for hydroxylation is 2. The second-order valence-electron chi connectivity index (χ2n) is 6.17. The van der Waals surface area contributed by atoms with Gasteiger partial charge in [0, 0.05) is 23.9 Å². The van der Waals surface area contributed by atoms with Crippen molar-refractivity contribution in [2.45, 2.75) is 38.6 Å². The first kappa shape index (κ1) is 16.0. The lowest BCUT2D eigenvalue weighted by Crippen LogP contribution is -2.40. The van der Waals surface area contributed by atoms with Crippen molar-refractivity contribution in [2.75, 3.05) is 13.6 Å². The summed E-state index contributed by atoms with van der Waals surface area (Å²) >= 11 is 1.74. The van der Waals surface area contributed by atoms with E-state index in [2.05, 4.69) is 64.8 Å². The first-order valence-corrected chi connectivity index (χ1v) is 8.87. The summed E-state index contributed by atoms with van der Waals surface area (Å²) in [6.45, 7) is 5.81. The average molecular weight is 328 g/mol. The Morgan fingerprint density at radius 1 is 1.22 bits per heavy atom. The van der Waals surface area contributed by atoms with Crippen molar-refractivity contribution in [3.63, 3.8) is 0 Å². The van der Waals surface area contributed by atoms with Gasteiger partial charge in [-0.05, 0) is 32.3 Å². The number of aliphatic imine (C=N–C) groups is 1. The summed E-state index contributed by atoms with van der Waals surface area (Å²) in [4.78, 5) is 10.2. The second-order valence-corrected chi connectivity index (χ2v) is 7.46. The Labute approximate surface area is 142 Å². The molecule has 0 aliphatic heterocycles. The number of benzene rings is 1. The van der Waals surface area contributed by atoms with E-state index in [4.69, 9.17) is 0 Å². The highest BCUT2D eigenvalue weighted by atomic mass is 32.1. The van der Waals surface area contributed by atoms with Gasteiger partial charge in [0.1, 0.15) is 5.01 Å². The molecule has 2 aromatic rings. The molecular formula is C18H24N4S. The lowest BCUT2D eigenvalue weighted by atomic mass is 9.96. The van der Waals surface area contributed by atoms with Gasteiger partial charge in [-0.15, -0.1) is 11.3 Å². The molecular weight excluding hydrogens is 304 g/mol. The number of rotatable bonds is 5. The van der Waals surface area contributed by atoms with Crippen molar-refractivity contribution in [2.24, 2.45) is 4.99 Å². The fraction of sp³-hybridized carbons (Fsp3) is 0.444. The van der Waals surface area contributed by atoms with Gasteiger partial charge in [-0.25, -0.2) is 4.98 Å². The molecule has 5 heteroatoms. The smallest absolute Gasteiger partial charge is 0.191 e. The predicted molar refractivity (Wildman–Crippen MR) is 97.1 cm³/mol. The zero-order chi connectivity index (χ0) is 16.3. The molecule has 122 valence electrons. The Bertz CT molecular complexity index is 667. The van der Waals surface area contributed by atoms with Crippen LogP contribution in [0.15, 0.2) is 35.3 Å². The highest BCUT2D eigenvalue weighted by molar-refractivity contribution is 7.11. The Morgan fingerprint density at radius 3 is 2.52 bits per heavy atom. The van der Waals surface area contributed by atoms with E-state index in [1.807, 2.05) is 7.05 Å². The molecule has 1 fully saturated rings. The van der Waals surface area contributed by atoms with Gasteiger partial charge in [0.2, 0.25) is 0 Å². The van der Waals surface area contributed by atoms with E-state index in [0.717, 1.165) is 29.8 Å². The largest absolute Gasteiger partial charge is 0.356 e. The summed E-state index contributed by atoms with van der Waals surface area (Å²) in [6, 6.07) is 10.8. The Hall–Kier alpha value is -1.88. The van der Waals surface area contributed by atoms with E-state index in [0.29, 0.717) is 0 Å². The van der Waals surface area contributed by atoms with E-state index in [1.165, 1.54) is 23.3 Å². The first-order valence-electron chi connectivity index (χ1n) is 8.06. The van der Waals surface area contributed by atoms with Crippen LogP contribution in [0.5, 0.6) is 0 Å². The van der Waals surface area contributed by atoms with Crippen molar-refractivity contribution in [3.8, 4) is 0 Å². The number of nitrogens with zero attached hydrogens (tertiary/aromatic N) is 2. The molecule has 3 rings (SSSR count). The molecule has 0 spiro atoms. The van der Waals surface area contributed by atoms with E-state index < -0.39 is 0 Å². The van der Waals surface area contributed by atoms with Crippen LogP contribution in [0.25, 0.3) is 0 Å². The first-order chi connectivity index (χ1) is 11.1. The van der Waals surface area contributed by atoms with Gasteiger partial charge in [0.05, 0.1) is 12.2 Å².